The maximum Gasteiger partial charge on any atom is 0.115 e. The van der Waals surface area contributed by atoms with Gasteiger partial charge >= 0.3 is 0 Å². The first-order chi connectivity index (χ1) is 14.9. The average Bonchev–Trinajstić information content (AvgIpc) is 2.87. The van der Waals surface area contributed by atoms with Crippen molar-refractivity contribution < 1.29 is 20.1 Å². The van der Waals surface area contributed by atoms with E-state index in [1.807, 2.05) is 78.9 Å². The summed E-state index contributed by atoms with van der Waals surface area (Å²) < 4.78 is 0. The van der Waals surface area contributed by atoms with E-state index in [0.717, 1.165) is 33.6 Å². The van der Waals surface area contributed by atoms with Crippen LogP contribution < -0.4 is 0 Å². The van der Waals surface area contributed by atoms with E-state index in [2.05, 4.69) is 32.1 Å². The van der Waals surface area contributed by atoms with Crippen LogP contribution in [0.4, 0.5) is 0 Å². The van der Waals surface area contributed by atoms with Crippen molar-refractivity contribution in [2.75, 3.05) is 0 Å². The van der Waals surface area contributed by atoms with Crippen molar-refractivity contribution in [3.63, 3.8) is 0 Å². The standard InChI is InChI=1S/C15H10N3.C11H8N.Ir/c1-2-5-12(6-3-1)15-14(7-4-8-18-15)13-9-16-11-17-10-13;1-2-6-10(7-3-1)11-8-4-5-9-12-11;/h1-5,7-11H;1-6,8-9H;/q2*-1;. The van der Waals surface area contributed by atoms with Crippen molar-refractivity contribution in [3.05, 3.63) is 122 Å². The zero-order valence-corrected chi connectivity index (χ0v) is 18.9. The molecule has 0 aliphatic heterocycles. The third-order valence-corrected chi connectivity index (χ3v) is 4.29. The van der Waals surface area contributed by atoms with Crippen molar-refractivity contribution in [2.24, 2.45) is 0 Å². The molecule has 0 fully saturated rings. The maximum absolute atomic E-state index is 4.44. The number of hydrogen-bond acceptors (Lipinski definition) is 4. The van der Waals surface area contributed by atoms with Crippen molar-refractivity contribution in [1.82, 2.24) is 19.9 Å². The predicted molar refractivity (Wildman–Crippen MR) is 118 cm³/mol. The Kier molecular flexibility index (Phi) is 8.29. The zero-order valence-electron chi connectivity index (χ0n) is 16.5. The molecule has 0 atom stereocenters. The molecule has 0 N–H and O–H groups in total. The van der Waals surface area contributed by atoms with Gasteiger partial charge in [-0.15, -0.1) is 71.8 Å². The predicted octanol–water partition coefficient (Wildman–Crippen LogP) is 5.55. The summed E-state index contributed by atoms with van der Waals surface area (Å²) in [5, 5.41) is 0. The van der Waals surface area contributed by atoms with Crippen molar-refractivity contribution >= 4 is 0 Å². The summed E-state index contributed by atoms with van der Waals surface area (Å²) in [6.07, 6.45) is 8.67. The average molecular weight is 579 g/mol. The van der Waals surface area contributed by atoms with Gasteiger partial charge in [-0.1, -0.05) is 18.2 Å². The molecule has 4 nitrogen and oxygen atoms in total. The van der Waals surface area contributed by atoms with Crippen LogP contribution in [0.25, 0.3) is 33.6 Å². The molecule has 5 heteroatoms. The van der Waals surface area contributed by atoms with Gasteiger partial charge in [0.1, 0.15) is 6.33 Å². The van der Waals surface area contributed by atoms with E-state index in [0.29, 0.717) is 0 Å². The Morgan fingerprint density at radius 2 is 1.29 bits per heavy atom. The van der Waals surface area contributed by atoms with Crippen molar-refractivity contribution in [1.29, 1.82) is 0 Å². The van der Waals surface area contributed by atoms with Crippen LogP contribution in [0.5, 0.6) is 0 Å². The minimum Gasteiger partial charge on any atom is -0.305 e. The van der Waals surface area contributed by atoms with E-state index in [1.54, 1.807) is 24.8 Å². The van der Waals surface area contributed by atoms with Gasteiger partial charge in [-0.05, 0) is 29.1 Å². The van der Waals surface area contributed by atoms with E-state index >= 15 is 0 Å². The zero-order chi connectivity index (χ0) is 20.4. The van der Waals surface area contributed by atoms with Gasteiger partial charge in [-0.3, -0.25) is 0 Å². The van der Waals surface area contributed by atoms with Crippen molar-refractivity contribution in [2.45, 2.75) is 0 Å². The summed E-state index contributed by atoms with van der Waals surface area (Å²) in [6, 6.07) is 31.7. The van der Waals surface area contributed by atoms with Crippen LogP contribution in [-0.4, -0.2) is 19.9 Å². The molecule has 3 aromatic heterocycles. The monoisotopic (exact) mass is 579 g/mol. The van der Waals surface area contributed by atoms with Gasteiger partial charge in [0, 0.05) is 50.5 Å². The van der Waals surface area contributed by atoms with Gasteiger partial charge in [0.25, 0.3) is 0 Å². The van der Waals surface area contributed by atoms with Crippen LogP contribution in [0.15, 0.2) is 110 Å². The third kappa shape index (κ3) is 5.98. The fourth-order valence-electron chi connectivity index (χ4n) is 2.91. The molecule has 5 aromatic rings. The van der Waals surface area contributed by atoms with E-state index in [9.17, 15) is 0 Å². The second-order valence-electron chi connectivity index (χ2n) is 6.29. The Morgan fingerprint density at radius 1 is 0.613 bits per heavy atom. The topological polar surface area (TPSA) is 51.6 Å². The van der Waals surface area contributed by atoms with E-state index < -0.39 is 0 Å². The van der Waals surface area contributed by atoms with Gasteiger partial charge in [-0.2, -0.15) is 0 Å². The largest absolute Gasteiger partial charge is 0.305 e. The van der Waals surface area contributed by atoms with Crippen molar-refractivity contribution in [3.8, 4) is 33.6 Å². The molecular formula is C26H18IrN4-2. The Balaban J connectivity index is 0.000000183. The normalized spacial score (nSPS) is 9.68. The number of aromatic nitrogens is 4. The Morgan fingerprint density at radius 3 is 1.94 bits per heavy atom. The Labute approximate surface area is 195 Å². The molecule has 31 heavy (non-hydrogen) atoms. The van der Waals surface area contributed by atoms with Crippen LogP contribution in [-0.2, 0) is 20.1 Å². The van der Waals surface area contributed by atoms with Crippen LogP contribution >= 0.6 is 0 Å². The molecule has 0 bridgehead atoms. The van der Waals surface area contributed by atoms with Crippen LogP contribution in [0, 0.1) is 12.1 Å². The fourth-order valence-corrected chi connectivity index (χ4v) is 2.91. The summed E-state index contributed by atoms with van der Waals surface area (Å²) in [5.74, 6) is 0. The van der Waals surface area contributed by atoms with E-state index in [4.69, 9.17) is 0 Å². The second kappa shape index (κ2) is 11.6. The molecule has 0 spiro atoms. The number of rotatable bonds is 3. The van der Waals surface area contributed by atoms with Gasteiger partial charge in [-0.25, -0.2) is 9.97 Å². The van der Waals surface area contributed by atoms with E-state index in [-0.39, 0.29) is 20.1 Å². The minimum absolute atomic E-state index is 0. The molecule has 0 unspecified atom stereocenters. The molecule has 3 heterocycles. The molecule has 0 amide bonds. The number of hydrogen-bond donors (Lipinski definition) is 0. The van der Waals surface area contributed by atoms with Gasteiger partial charge in [0.05, 0.1) is 0 Å². The van der Waals surface area contributed by atoms with Crippen LogP contribution in [0.3, 0.4) is 0 Å². The summed E-state index contributed by atoms with van der Waals surface area (Å²) in [7, 11) is 0. The van der Waals surface area contributed by atoms with Gasteiger partial charge in [0.15, 0.2) is 0 Å². The third-order valence-electron chi connectivity index (χ3n) is 4.29. The van der Waals surface area contributed by atoms with Gasteiger partial charge < -0.3 is 9.97 Å². The molecule has 0 saturated heterocycles. The van der Waals surface area contributed by atoms with Gasteiger partial charge in [0.2, 0.25) is 0 Å². The molecule has 0 aliphatic rings. The minimum atomic E-state index is 0. The Bertz CT molecular complexity index is 1070. The fraction of sp³-hybridized carbons (Fsp3) is 0. The summed E-state index contributed by atoms with van der Waals surface area (Å²) in [5.41, 5.74) is 5.85. The molecule has 0 saturated carbocycles. The maximum atomic E-state index is 4.44. The van der Waals surface area contributed by atoms with Crippen LogP contribution in [0.1, 0.15) is 0 Å². The Hall–Kier alpha value is -3.53. The summed E-state index contributed by atoms with van der Waals surface area (Å²) in [6.45, 7) is 0. The molecule has 153 valence electrons. The number of pyridine rings is 2. The first-order valence-corrected chi connectivity index (χ1v) is 9.47. The quantitative estimate of drug-likeness (QED) is 0.264. The molecule has 0 aliphatic carbocycles. The first kappa shape index (κ1) is 22.2. The second-order valence-corrected chi connectivity index (χ2v) is 6.29. The molecule has 5 rings (SSSR count). The molecule has 1 radical (unpaired) electrons. The smallest absolute Gasteiger partial charge is 0.115 e. The molecular weight excluding hydrogens is 561 g/mol. The summed E-state index contributed by atoms with van der Waals surface area (Å²) >= 11 is 0. The first-order valence-electron chi connectivity index (χ1n) is 9.47. The van der Waals surface area contributed by atoms with Crippen LogP contribution in [0.2, 0.25) is 0 Å². The van der Waals surface area contributed by atoms with E-state index in [1.165, 1.54) is 6.33 Å². The summed E-state index contributed by atoms with van der Waals surface area (Å²) in [4.78, 5) is 16.7. The number of benzene rings is 2. The SMILES string of the molecule is [Ir].[c-]1ccccc1-c1ccccn1.[c-]1ccccc1-c1ncccc1-c1cncnc1. The number of nitrogens with zero attached hydrogens (tertiary/aromatic N) is 4. The molecule has 2 aromatic carbocycles.